The highest BCUT2D eigenvalue weighted by Gasteiger charge is 2.29. The standard InChI is InChI=1S/C12H11F5O/c1-2-3-4-5-6(18)7-8(13)10(15)12(17)11(16)9(7)14/h2-5H2,1H3. The number of benzene rings is 1. The van der Waals surface area contributed by atoms with Gasteiger partial charge in [0.25, 0.3) is 0 Å². The van der Waals surface area contributed by atoms with E-state index < -0.39 is 40.4 Å². The number of rotatable bonds is 5. The minimum absolute atomic E-state index is 0.244. The summed E-state index contributed by atoms with van der Waals surface area (Å²) in [7, 11) is 0. The number of ketones is 1. The van der Waals surface area contributed by atoms with Crippen molar-refractivity contribution in [3.05, 3.63) is 34.6 Å². The zero-order valence-corrected chi connectivity index (χ0v) is 9.63. The number of unbranched alkanes of at least 4 members (excludes halogenated alkanes) is 2. The number of hydrogen-bond donors (Lipinski definition) is 0. The van der Waals surface area contributed by atoms with E-state index in [1.54, 1.807) is 0 Å². The van der Waals surface area contributed by atoms with Crippen molar-refractivity contribution in [1.29, 1.82) is 0 Å². The molecule has 0 radical (unpaired) electrons. The first-order chi connectivity index (χ1) is 8.41. The molecular formula is C12H11F5O. The van der Waals surface area contributed by atoms with Gasteiger partial charge >= 0.3 is 0 Å². The fourth-order valence-electron chi connectivity index (χ4n) is 1.51. The van der Waals surface area contributed by atoms with Crippen molar-refractivity contribution in [3.63, 3.8) is 0 Å². The maximum absolute atomic E-state index is 13.2. The fraction of sp³-hybridized carbons (Fsp3) is 0.417. The van der Waals surface area contributed by atoms with Gasteiger partial charge in [0.05, 0.1) is 5.56 Å². The first-order valence-corrected chi connectivity index (χ1v) is 5.46. The summed E-state index contributed by atoms with van der Waals surface area (Å²) in [6.07, 6.45) is 1.51. The SMILES string of the molecule is CCCCCC(=O)c1c(F)c(F)c(F)c(F)c1F. The van der Waals surface area contributed by atoms with Gasteiger partial charge < -0.3 is 0 Å². The van der Waals surface area contributed by atoms with Crippen molar-refractivity contribution >= 4 is 5.78 Å². The zero-order valence-electron chi connectivity index (χ0n) is 9.63. The van der Waals surface area contributed by atoms with E-state index in [4.69, 9.17) is 0 Å². The molecular weight excluding hydrogens is 255 g/mol. The Labute approximate surface area is 101 Å². The van der Waals surface area contributed by atoms with Crippen LogP contribution in [0.25, 0.3) is 0 Å². The van der Waals surface area contributed by atoms with Gasteiger partial charge in [-0.3, -0.25) is 4.79 Å². The van der Waals surface area contributed by atoms with Gasteiger partial charge in [-0.25, -0.2) is 22.0 Å². The average Bonchev–Trinajstić information content (AvgIpc) is 2.34. The summed E-state index contributed by atoms with van der Waals surface area (Å²) in [6, 6.07) is 0. The van der Waals surface area contributed by atoms with Crippen LogP contribution >= 0.6 is 0 Å². The van der Waals surface area contributed by atoms with E-state index >= 15 is 0 Å². The van der Waals surface area contributed by atoms with Crippen LogP contribution in [0.5, 0.6) is 0 Å². The number of hydrogen-bond acceptors (Lipinski definition) is 1. The lowest BCUT2D eigenvalue weighted by atomic mass is 10.0. The van der Waals surface area contributed by atoms with Gasteiger partial charge in [-0.15, -0.1) is 0 Å². The summed E-state index contributed by atoms with van der Waals surface area (Å²) in [5.41, 5.74) is -1.34. The lowest BCUT2D eigenvalue weighted by Crippen LogP contribution is -2.12. The molecule has 0 spiro atoms. The Balaban J connectivity index is 3.13. The molecule has 1 rings (SSSR count). The Hall–Kier alpha value is -1.46. The summed E-state index contributed by atoms with van der Waals surface area (Å²) in [5, 5.41) is 0. The van der Waals surface area contributed by atoms with Crippen LogP contribution in [0.15, 0.2) is 0 Å². The van der Waals surface area contributed by atoms with Crippen molar-refractivity contribution in [1.82, 2.24) is 0 Å². The Morgan fingerprint density at radius 3 is 1.72 bits per heavy atom. The van der Waals surface area contributed by atoms with Crippen LogP contribution in [-0.4, -0.2) is 5.78 Å². The van der Waals surface area contributed by atoms with Gasteiger partial charge in [0.2, 0.25) is 5.82 Å². The van der Waals surface area contributed by atoms with Gasteiger partial charge in [0.1, 0.15) is 0 Å². The van der Waals surface area contributed by atoms with Crippen molar-refractivity contribution in [2.45, 2.75) is 32.6 Å². The average molecular weight is 266 g/mol. The van der Waals surface area contributed by atoms with Crippen LogP contribution < -0.4 is 0 Å². The first-order valence-electron chi connectivity index (χ1n) is 5.46. The van der Waals surface area contributed by atoms with E-state index in [1.165, 1.54) is 0 Å². The molecule has 1 nitrogen and oxygen atoms in total. The van der Waals surface area contributed by atoms with Gasteiger partial charge in [0, 0.05) is 6.42 Å². The van der Waals surface area contributed by atoms with Gasteiger partial charge in [-0.05, 0) is 6.42 Å². The van der Waals surface area contributed by atoms with Crippen molar-refractivity contribution < 1.29 is 26.7 Å². The Kier molecular flexibility index (Phi) is 4.81. The molecule has 0 heterocycles. The van der Waals surface area contributed by atoms with Crippen molar-refractivity contribution in [2.75, 3.05) is 0 Å². The number of Topliss-reactive ketones (excluding diaryl/α,β-unsaturated/α-hetero) is 1. The normalized spacial score (nSPS) is 10.8. The summed E-state index contributed by atoms with van der Waals surface area (Å²) >= 11 is 0. The van der Waals surface area contributed by atoms with E-state index in [9.17, 15) is 26.7 Å². The highest BCUT2D eigenvalue weighted by molar-refractivity contribution is 5.96. The van der Waals surface area contributed by atoms with Crippen LogP contribution in [0.1, 0.15) is 43.0 Å². The Bertz CT molecular complexity index is 441. The maximum atomic E-state index is 13.2. The highest BCUT2D eigenvalue weighted by Crippen LogP contribution is 2.24. The van der Waals surface area contributed by atoms with E-state index in [1.807, 2.05) is 6.92 Å². The lowest BCUT2D eigenvalue weighted by Gasteiger charge is -2.07. The molecule has 0 saturated heterocycles. The van der Waals surface area contributed by atoms with Gasteiger partial charge in [-0.1, -0.05) is 19.8 Å². The number of carbonyl (C=O) groups is 1. The molecule has 0 atom stereocenters. The molecule has 0 amide bonds. The topological polar surface area (TPSA) is 17.1 Å². The predicted molar refractivity (Wildman–Crippen MR) is 54.7 cm³/mol. The zero-order chi connectivity index (χ0) is 13.9. The van der Waals surface area contributed by atoms with Crippen molar-refractivity contribution in [3.8, 4) is 0 Å². The molecule has 0 saturated carbocycles. The third-order valence-electron chi connectivity index (χ3n) is 2.50. The number of halogens is 5. The summed E-state index contributed by atoms with van der Waals surface area (Å²) < 4.78 is 64.8. The summed E-state index contributed by atoms with van der Waals surface area (Å²) in [6.45, 7) is 1.85. The molecule has 0 aliphatic carbocycles. The second-order valence-corrected chi connectivity index (χ2v) is 3.83. The molecule has 0 bridgehead atoms. The third kappa shape index (κ3) is 2.68. The smallest absolute Gasteiger partial charge is 0.200 e. The molecule has 0 N–H and O–H groups in total. The van der Waals surface area contributed by atoms with Crippen LogP contribution in [0.2, 0.25) is 0 Å². The second kappa shape index (κ2) is 5.93. The molecule has 0 aliphatic rings. The summed E-state index contributed by atoms with van der Waals surface area (Å²) in [5.74, 6) is -11.6. The van der Waals surface area contributed by atoms with Crippen LogP contribution in [0, 0.1) is 29.1 Å². The van der Waals surface area contributed by atoms with Crippen LogP contribution in [0.3, 0.4) is 0 Å². The largest absolute Gasteiger partial charge is 0.294 e. The van der Waals surface area contributed by atoms with E-state index in [2.05, 4.69) is 0 Å². The first kappa shape index (κ1) is 14.6. The quantitative estimate of drug-likeness (QED) is 0.257. The molecule has 6 heteroatoms. The van der Waals surface area contributed by atoms with Crippen LogP contribution in [0.4, 0.5) is 22.0 Å². The monoisotopic (exact) mass is 266 g/mol. The van der Waals surface area contributed by atoms with E-state index in [0.717, 1.165) is 6.42 Å². The summed E-state index contributed by atoms with van der Waals surface area (Å²) in [4.78, 5) is 11.4. The van der Waals surface area contributed by atoms with Gasteiger partial charge in [-0.2, -0.15) is 0 Å². The van der Waals surface area contributed by atoms with Crippen LogP contribution in [-0.2, 0) is 0 Å². The second-order valence-electron chi connectivity index (χ2n) is 3.83. The minimum Gasteiger partial charge on any atom is -0.294 e. The molecule has 100 valence electrons. The highest BCUT2D eigenvalue weighted by atomic mass is 19.2. The Morgan fingerprint density at radius 1 is 0.833 bits per heavy atom. The molecule has 18 heavy (non-hydrogen) atoms. The molecule has 0 aromatic heterocycles. The molecule has 0 fully saturated rings. The van der Waals surface area contributed by atoms with Gasteiger partial charge in [0.15, 0.2) is 29.1 Å². The van der Waals surface area contributed by atoms with Crippen molar-refractivity contribution in [2.24, 2.45) is 0 Å². The molecule has 0 aliphatic heterocycles. The fourth-order valence-corrected chi connectivity index (χ4v) is 1.51. The minimum atomic E-state index is -2.25. The molecule has 0 unspecified atom stereocenters. The third-order valence-corrected chi connectivity index (χ3v) is 2.50. The molecule has 1 aromatic carbocycles. The Morgan fingerprint density at radius 2 is 1.28 bits per heavy atom. The predicted octanol–water partition coefficient (Wildman–Crippen LogP) is 4.15. The lowest BCUT2D eigenvalue weighted by molar-refractivity contribution is 0.0968. The maximum Gasteiger partial charge on any atom is 0.200 e. The molecule has 1 aromatic rings. The van der Waals surface area contributed by atoms with E-state index in [-0.39, 0.29) is 6.42 Å². The van der Waals surface area contributed by atoms with E-state index in [0.29, 0.717) is 12.8 Å². The number of carbonyl (C=O) groups excluding carboxylic acids is 1.